The molecule has 0 saturated heterocycles. The van der Waals surface area contributed by atoms with Crippen LogP contribution in [0.3, 0.4) is 0 Å². The molecule has 0 spiro atoms. The Morgan fingerprint density at radius 3 is 2.68 bits per heavy atom. The van der Waals surface area contributed by atoms with E-state index in [-0.39, 0.29) is 48.2 Å². The molecule has 0 saturated carbocycles. The summed E-state index contributed by atoms with van der Waals surface area (Å²) < 4.78 is 38.9. The maximum atomic E-state index is 14.4. The molecular formula is C28H29F2N2NaO4. The molecular weight excluding hydrogens is 489 g/mol. The molecule has 4 rings (SSSR count). The number of carbonyl (C=O) groups excluding carboxylic acids is 1. The second-order valence-corrected chi connectivity index (χ2v) is 8.68. The van der Waals surface area contributed by atoms with Crippen molar-refractivity contribution in [1.29, 1.82) is 0 Å². The molecule has 0 aliphatic carbocycles. The zero-order valence-electron chi connectivity index (χ0n) is 21.2. The van der Waals surface area contributed by atoms with E-state index in [4.69, 9.17) is 9.47 Å². The maximum Gasteiger partial charge on any atom is 1.00 e. The number of carboxylic acid groups (broad SMARTS) is 1. The van der Waals surface area contributed by atoms with Crippen LogP contribution in [-0.4, -0.2) is 32.8 Å². The van der Waals surface area contributed by atoms with Crippen molar-refractivity contribution >= 4 is 17.3 Å². The molecule has 1 heterocycles. The number of carbonyl (C=O) groups is 1. The number of methoxy groups -OCH3 is 1. The Kier molecular flexibility index (Phi) is 10.6. The van der Waals surface area contributed by atoms with Crippen molar-refractivity contribution in [2.45, 2.75) is 32.2 Å². The minimum absolute atomic E-state index is 0. The van der Waals surface area contributed by atoms with Crippen LogP contribution in [0.25, 0.3) is 0 Å². The van der Waals surface area contributed by atoms with Crippen LogP contribution < -0.4 is 54.4 Å². The number of hydrogen-bond donors (Lipinski definition) is 1. The summed E-state index contributed by atoms with van der Waals surface area (Å²) in [5.74, 6) is -1.13. The number of aryl methyl sites for hydroxylation is 1. The average Bonchev–Trinajstić information content (AvgIpc) is 2.87. The predicted molar refractivity (Wildman–Crippen MR) is 132 cm³/mol. The van der Waals surface area contributed by atoms with E-state index in [1.165, 1.54) is 30.9 Å². The van der Waals surface area contributed by atoms with Gasteiger partial charge in [-0.15, -0.1) is 0 Å². The van der Waals surface area contributed by atoms with E-state index in [1.807, 2.05) is 6.07 Å². The van der Waals surface area contributed by atoms with Gasteiger partial charge in [-0.05, 0) is 72.7 Å². The number of hydrogen-bond acceptors (Lipinski definition) is 6. The van der Waals surface area contributed by atoms with E-state index in [0.29, 0.717) is 42.4 Å². The van der Waals surface area contributed by atoms with Gasteiger partial charge < -0.3 is 29.6 Å². The number of aliphatic carboxylic acids is 1. The number of carboxylic acids is 1. The number of fused-ring (bicyclic) bond motifs is 1. The Bertz CT molecular complexity index is 1220. The van der Waals surface area contributed by atoms with Gasteiger partial charge in [0.05, 0.1) is 13.7 Å². The fourth-order valence-corrected chi connectivity index (χ4v) is 4.49. The molecule has 0 unspecified atom stereocenters. The Hall–Kier alpha value is -2.81. The molecule has 6 nitrogen and oxygen atoms in total. The summed E-state index contributed by atoms with van der Waals surface area (Å²) in [4.78, 5) is 12.9. The zero-order chi connectivity index (χ0) is 25.5. The summed E-state index contributed by atoms with van der Waals surface area (Å²) in [6.07, 6.45) is 1.85. The molecule has 0 bridgehead atoms. The third kappa shape index (κ3) is 7.60. The molecule has 1 aliphatic rings. The second-order valence-electron chi connectivity index (χ2n) is 8.68. The molecule has 1 aliphatic heterocycles. The van der Waals surface area contributed by atoms with Crippen LogP contribution in [-0.2, 0) is 24.2 Å². The van der Waals surface area contributed by atoms with E-state index in [9.17, 15) is 18.7 Å². The van der Waals surface area contributed by atoms with Crippen molar-refractivity contribution in [3.8, 4) is 11.5 Å². The summed E-state index contributed by atoms with van der Waals surface area (Å²) in [5, 5.41) is 13.9. The number of rotatable bonds is 11. The van der Waals surface area contributed by atoms with Crippen molar-refractivity contribution in [3.63, 3.8) is 0 Å². The van der Waals surface area contributed by atoms with Crippen LogP contribution in [0.4, 0.5) is 20.2 Å². The van der Waals surface area contributed by atoms with E-state index in [1.54, 1.807) is 18.2 Å². The smallest absolute Gasteiger partial charge is 0.550 e. The molecule has 0 aromatic heterocycles. The van der Waals surface area contributed by atoms with Crippen LogP contribution >= 0.6 is 0 Å². The van der Waals surface area contributed by atoms with Gasteiger partial charge in [0.25, 0.3) is 0 Å². The number of benzene rings is 3. The summed E-state index contributed by atoms with van der Waals surface area (Å²) in [7, 11) is 1.48. The Morgan fingerprint density at radius 2 is 1.92 bits per heavy atom. The molecule has 0 radical (unpaired) electrons. The normalized spacial score (nSPS) is 12.4. The van der Waals surface area contributed by atoms with Gasteiger partial charge in [0.1, 0.15) is 18.2 Å². The van der Waals surface area contributed by atoms with Gasteiger partial charge in [0, 0.05) is 36.5 Å². The van der Waals surface area contributed by atoms with Crippen LogP contribution in [0, 0.1) is 11.6 Å². The summed E-state index contributed by atoms with van der Waals surface area (Å²) in [6, 6.07) is 15.2. The topological polar surface area (TPSA) is 73.9 Å². The molecule has 0 fully saturated rings. The fourth-order valence-electron chi connectivity index (χ4n) is 4.49. The second kappa shape index (κ2) is 13.7. The van der Waals surface area contributed by atoms with Gasteiger partial charge in [-0.2, -0.15) is 0 Å². The zero-order valence-corrected chi connectivity index (χ0v) is 23.2. The maximum absolute atomic E-state index is 14.4. The fraction of sp³-hybridized carbons (Fsp3) is 0.321. The average molecular weight is 519 g/mol. The third-order valence-corrected chi connectivity index (χ3v) is 6.32. The largest absolute Gasteiger partial charge is 1.00 e. The van der Waals surface area contributed by atoms with Crippen molar-refractivity contribution in [2.75, 3.05) is 37.0 Å². The molecule has 1 N–H and O–H groups in total. The van der Waals surface area contributed by atoms with Crippen LogP contribution in [0.15, 0.2) is 54.6 Å². The van der Waals surface area contributed by atoms with Gasteiger partial charge >= 0.3 is 29.6 Å². The first-order chi connectivity index (χ1) is 17.4. The molecule has 9 heteroatoms. The molecule has 37 heavy (non-hydrogen) atoms. The summed E-state index contributed by atoms with van der Waals surface area (Å²) in [5.41, 5.74) is 4.54. The van der Waals surface area contributed by atoms with E-state index >= 15 is 0 Å². The van der Waals surface area contributed by atoms with Crippen molar-refractivity contribution in [3.05, 3.63) is 82.9 Å². The molecule has 0 amide bonds. The number of halogens is 2. The minimum Gasteiger partial charge on any atom is -0.550 e. The van der Waals surface area contributed by atoms with Crippen molar-refractivity contribution in [1.82, 2.24) is 0 Å². The van der Waals surface area contributed by atoms with Crippen LogP contribution in [0.1, 0.15) is 29.5 Å². The Balaban J connectivity index is 0.00000380. The first kappa shape index (κ1) is 28.8. The number of ether oxygens (including phenoxy) is 2. The minimum atomic E-state index is -1.19. The van der Waals surface area contributed by atoms with Gasteiger partial charge in [-0.25, -0.2) is 8.78 Å². The third-order valence-electron chi connectivity index (χ3n) is 6.32. The first-order valence-corrected chi connectivity index (χ1v) is 12.0. The predicted octanol–water partition coefficient (Wildman–Crippen LogP) is 1.10. The van der Waals surface area contributed by atoms with Crippen LogP contribution in [0.2, 0.25) is 0 Å². The number of nitrogens with zero attached hydrogens (tertiary/aromatic N) is 1. The van der Waals surface area contributed by atoms with Gasteiger partial charge in [0.2, 0.25) is 0 Å². The first-order valence-electron chi connectivity index (χ1n) is 12.0. The Labute approximate surface area is 237 Å². The summed E-state index contributed by atoms with van der Waals surface area (Å²) in [6.45, 7) is 2.54. The number of anilines is 2. The molecule has 0 atom stereocenters. The molecule has 3 aromatic rings. The van der Waals surface area contributed by atoms with E-state index in [2.05, 4.69) is 22.3 Å². The van der Waals surface area contributed by atoms with E-state index < -0.39 is 11.8 Å². The summed E-state index contributed by atoms with van der Waals surface area (Å²) >= 11 is 0. The standard InChI is InChI=1S/C28H30F2N2O4.Na/c1-35-27-16-21(29)9-11-26(27)36-15-14-32-13-3-5-23-20(4-2-6-25(23)32)18-31-22-10-7-19(24(30)17-22)8-12-28(33)34;/h2,4,6-7,9-11,16-17,31H,3,5,8,12-15,18H2,1H3,(H,33,34);/q;+1/p-1. The van der Waals surface area contributed by atoms with Gasteiger partial charge in [0.15, 0.2) is 11.5 Å². The van der Waals surface area contributed by atoms with Crippen LogP contribution in [0.5, 0.6) is 11.5 Å². The quantitative estimate of drug-likeness (QED) is 0.384. The van der Waals surface area contributed by atoms with E-state index in [0.717, 1.165) is 30.6 Å². The molecule has 190 valence electrons. The van der Waals surface area contributed by atoms with Crippen molar-refractivity contribution < 1.29 is 57.7 Å². The van der Waals surface area contributed by atoms with Gasteiger partial charge in [-0.3, -0.25) is 0 Å². The number of nitrogens with one attached hydrogen (secondary N) is 1. The van der Waals surface area contributed by atoms with Gasteiger partial charge in [-0.1, -0.05) is 18.2 Å². The SMILES string of the molecule is COc1cc(F)ccc1OCCN1CCCc2c(CNc3ccc(CCC(=O)[O-])c(F)c3)cccc21.[Na+]. The van der Waals surface area contributed by atoms with Crippen molar-refractivity contribution in [2.24, 2.45) is 0 Å². The molecule has 3 aromatic carbocycles. The Morgan fingerprint density at radius 1 is 1.08 bits per heavy atom. The monoisotopic (exact) mass is 518 g/mol.